The SMILES string of the molecule is CC1COC2=C(C(=O)CCC2)C1(C)C. The van der Waals surface area contributed by atoms with Gasteiger partial charge in [-0.25, -0.2) is 0 Å². The molecule has 1 aliphatic heterocycles. The highest BCUT2D eigenvalue weighted by Gasteiger charge is 2.41. The van der Waals surface area contributed by atoms with Crippen molar-refractivity contribution in [2.24, 2.45) is 11.3 Å². The van der Waals surface area contributed by atoms with Crippen LogP contribution in [-0.4, -0.2) is 12.4 Å². The molecule has 2 rings (SSSR count). The zero-order valence-electron chi connectivity index (χ0n) is 9.22. The maximum absolute atomic E-state index is 11.9. The van der Waals surface area contributed by atoms with Crippen molar-refractivity contribution >= 4 is 5.78 Å². The summed E-state index contributed by atoms with van der Waals surface area (Å²) in [5.41, 5.74) is 0.980. The first-order chi connectivity index (χ1) is 6.53. The van der Waals surface area contributed by atoms with Gasteiger partial charge < -0.3 is 4.74 Å². The van der Waals surface area contributed by atoms with Crippen LogP contribution in [0.1, 0.15) is 40.0 Å². The third-order valence-corrected chi connectivity index (χ3v) is 3.75. The molecule has 0 aromatic heterocycles. The van der Waals surface area contributed by atoms with Gasteiger partial charge in [-0.3, -0.25) is 4.79 Å². The number of ketones is 1. The van der Waals surface area contributed by atoms with E-state index in [9.17, 15) is 4.79 Å². The molecule has 0 aromatic rings. The van der Waals surface area contributed by atoms with Crippen molar-refractivity contribution in [3.63, 3.8) is 0 Å². The number of hydrogen-bond donors (Lipinski definition) is 0. The standard InChI is InChI=1S/C12H18O2/c1-8-7-14-10-6-4-5-9(13)11(10)12(8,2)3/h8H,4-7H2,1-3H3. The van der Waals surface area contributed by atoms with Crippen molar-refractivity contribution in [3.8, 4) is 0 Å². The summed E-state index contributed by atoms with van der Waals surface area (Å²) in [5, 5.41) is 0. The number of rotatable bonds is 0. The Morgan fingerprint density at radius 1 is 1.36 bits per heavy atom. The van der Waals surface area contributed by atoms with Crippen LogP contribution < -0.4 is 0 Å². The Labute approximate surface area is 85.3 Å². The van der Waals surface area contributed by atoms with Crippen molar-refractivity contribution in [3.05, 3.63) is 11.3 Å². The van der Waals surface area contributed by atoms with Crippen LogP contribution in [0.2, 0.25) is 0 Å². The third kappa shape index (κ3) is 1.28. The Hall–Kier alpha value is -0.790. The zero-order chi connectivity index (χ0) is 10.3. The molecular weight excluding hydrogens is 176 g/mol. The molecule has 2 aliphatic rings. The van der Waals surface area contributed by atoms with Gasteiger partial charge in [0.2, 0.25) is 0 Å². The molecule has 0 aromatic carbocycles. The topological polar surface area (TPSA) is 26.3 Å². The minimum absolute atomic E-state index is 0.00505. The molecule has 14 heavy (non-hydrogen) atoms. The van der Waals surface area contributed by atoms with E-state index < -0.39 is 0 Å². The Balaban J connectivity index is 2.45. The maximum atomic E-state index is 11.9. The largest absolute Gasteiger partial charge is 0.497 e. The van der Waals surface area contributed by atoms with Gasteiger partial charge in [0.25, 0.3) is 0 Å². The highest BCUT2D eigenvalue weighted by molar-refractivity contribution is 5.98. The van der Waals surface area contributed by atoms with Crippen LogP contribution in [0.3, 0.4) is 0 Å². The molecule has 0 N–H and O–H groups in total. The van der Waals surface area contributed by atoms with E-state index in [1.807, 2.05) is 0 Å². The molecule has 0 bridgehead atoms. The van der Waals surface area contributed by atoms with Gasteiger partial charge in [-0.15, -0.1) is 0 Å². The Morgan fingerprint density at radius 2 is 2.07 bits per heavy atom. The second kappa shape index (κ2) is 3.11. The van der Waals surface area contributed by atoms with Gasteiger partial charge in [0.1, 0.15) is 5.76 Å². The van der Waals surface area contributed by atoms with Crippen LogP contribution in [-0.2, 0) is 9.53 Å². The van der Waals surface area contributed by atoms with E-state index in [-0.39, 0.29) is 5.41 Å². The zero-order valence-corrected chi connectivity index (χ0v) is 9.22. The van der Waals surface area contributed by atoms with E-state index in [4.69, 9.17) is 4.74 Å². The van der Waals surface area contributed by atoms with E-state index in [0.29, 0.717) is 18.1 Å². The molecular formula is C12H18O2. The van der Waals surface area contributed by atoms with Gasteiger partial charge in [0.15, 0.2) is 5.78 Å². The molecule has 0 fully saturated rings. The monoisotopic (exact) mass is 194 g/mol. The number of ether oxygens (including phenoxy) is 1. The normalized spacial score (nSPS) is 31.1. The molecule has 1 unspecified atom stereocenters. The van der Waals surface area contributed by atoms with Crippen LogP contribution in [0.4, 0.5) is 0 Å². The molecule has 2 nitrogen and oxygen atoms in total. The predicted molar refractivity (Wildman–Crippen MR) is 54.8 cm³/mol. The predicted octanol–water partition coefficient (Wildman–Crippen LogP) is 2.69. The average molecular weight is 194 g/mol. The summed E-state index contributed by atoms with van der Waals surface area (Å²) in [6.45, 7) is 7.25. The van der Waals surface area contributed by atoms with Crippen LogP contribution in [0.5, 0.6) is 0 Å². The fraction of sp³-hybridized carbons (Fsp3) is 0.750. The molecule has 2 heteroatoms. The van der Waals surface area contributed by atoms with E-state index in [0.717, 1.165) is 30.8 Å². The van der Waals surface area contributed by atoms with Gasteiger partial charge in [-0.05, 0) is 12.3 Å². The first-order valence-corrected chi connectivity index (χ1v) is 5.43. The van der Waals surface area contributed by atoms with Crippen molar-refractivity contribution in [1.29, 1.82) is 0 Å². The second-order valence-electron chi connectivity index (χ2n) is 5.01. The molecule has 1 heterocycles. The summed E-state index contributed by atoms with van der Waals surface area (Å²) in [6.07, 6.45) is 2.62. The third-order valence-electron chi connectivity index (χ3n) is 3.75. The Kier molecular flexibility index (Phi) is 2.17. The van der Waals surface area contributed by atoms with Crippen LogP contribution in [0.15, 0.2) is 11.3 Å². The second-order valence-corrected chi connectivity index (χ2v) is 5.01. The van der Waals surface area contributed by atoms with Crippen LogP contribution in [0, 0.1) is 11.3 Å². The molecule has 78 valence electrons. The number of Topliss-reactive ketones (excluding diaryl/α,β-unsaturated/α-hetero) is 1. The van der Waals surface area contributed by atoms with Crippen molar-refractivity contribution in [2.45, 2.75) is 40.0 Å². The molecule has 0 spiro atoms. The number of hydrogen-bond acceptors (Lipinski definition) is 2. The van der Waals surface area contributed by atoms with E-state index in [2.05, 4.69) is 20.8 Å². The summed E-state index contributed by atoms with van der Waals surface area (Å²) in [5.74, 6) is 1.72. The molecule has 1 atom stereocenters. The smallest absolute Gasteiger partial charge is 0.162 e. The van der Waals surface area contributed by atoms with Gasteiger partial charge in [0, 0.05) is 23.8 Å². The molecule has 0 amide bonds. The van der Waals surface area contributed by atoms with Crippen molar-refractivity contribution in [2.75, 3.05) is 6.61 Å². The van der Waals surface area contributed by atoms with Crippen LogP contribution >= 0.6 is 0 Å². The van der Waals surface area contributed by atoms with Gasteiger partial charge in [0.05, 0.1) is 6.61 Å². The number of carbonyl (C=O) groups excluding carboxylic acids is 1. The number of carbonyl (C=O) groups is 1. The van der Waals surface area contributed by atoms with Crippen molar-refractivity contribution in [1.82, 2.24) is 0 Å². The summed E-state index contributed by atoms with van der Waals surface area (Å²) >= 11 is 0. The highest BCUT2D eigenvalue weighted by Crippen LogP contribution is 2.44. The van der Waals surface area contributed by atoms with E-state index >= 15 is 0 Å². The maximum Gasteiger partial charge on any atom is 0.162 e. The lowest BCUT2D eigenvalue weighted by Gasteiger charge is -2.41. The quantitative estimate of drug-likeness (QED) is 0.592. The fourth-order valence-corrected chi connectivity index (χ4v) is 2.36. The van der Waals surface area contributed by atoms with Gasteiger partial charge in [-0.1, -0.05) is 20.8 Å². The van der Waals surface area contributed by atoms with Crippen LogP contribution in [0.25, 0.3) is 0 Å². The molecule has 0 saturated carbocycles. The van der Waals surface area contributed by atoms with E-state index in [1.54, 1.807) is 0 Å². The molecule has 0 saturated heterocycles. The summed E-state index contributed by atoms with van der Waals surface area (Å²) in [6, 6.07) is 0. The first-order valence-electron chi connectivity index (χ1n) is 5.43. The minimum Gasteiger partial charge on any atom is -0.497 e. The van der Waals surface area contributed by atoms with Crippen molar-refractivity contribution < 1.29 is 9.53 Å². The summed E-state index contributed by atoms with van der Waals surface area (Å²) in [7, 11) is 0. The minimum atomic E-state index is 0.00505. The lowest BCUT2D eigenvalue weighted by molar-refractivity contribution is -0.119. The summed E-state index contributed by atoms with van der Waals surface area (Å²) in [4.78, 5) is 11.9. The number of allylic oxidation sites excluding steroid dienone is 2. The fourth-order valence-electron chi connectivity index (χ4n) is 2.36. The Bertz CT molecular complexity index is 299. The van der Waals surface area contributed by atoms with Gasteiger partial charge >= 0.3 is 0 Å². The van der Waals surface area contributed by atoms with E-state index in [1.165, 1.54) is 0 Å². The average Bonchev–Trinajstić information content (AvgIpc) is 2.11. The first kappa shape index (κ1) is 9.75. The summed E-state index contributed by atoms with van der Waals surface area (Å²) < 4.78 is 5.66. The lowest BCUT2D eigenvalue weighted by Crippen LogP contribution is -2.38. The Morgan fingerprint density at radius 3 is 2.79 bits per heavy atom. The molecule has 0 radical (unpaired) electrons. The highest BCUT2D eigenvalue weighted by atomic mass is 16.5. The lowest BCUT2D eigenvalue weighted by atomic mass is 9.68. The molecule has 1 aliphatic carbocycles. The van der Waals surface area contributed by atoms with Gasteiger partial charge in [-0.2, -0.15) is 0 Å².